The third-order valence-corrected chi connectivity index (χ3v) is 14.1. The van der Waals surface area contributed by atoms with E-state index >= 15 is 0 Å². The van der Waals surface area contributed by atoms with Crippen LogP contribution < -0.4 is 9.80 Å². The highest BCUT2D eigenvalue weighted by molar-refractivity contribution is 6.17. The predicted molar refractivity (Wildman–Crippen MR) is 272 cm³/mol. The molecule has 1 aliphatic carbocycles. The molecule has 0 saturated heterocycles. The maximum atomic E-state index is 2.54. The van der Waals surface area contributed by atoms with Crippen molar-refractivity contribution in [3.63, 3.8) is 0 Å². The Bertz CT molecular complexity index is 3710. The lowest BCUT2D eigenvalue weighted by molar-refractivity contribution is 0.630. The van der Waals surface area contributed by atoms with Gasteiger partial charge in [-0.2, -0.15) is 0 Å². The van der Waals surface area contributed by atoms with Crippen molar-refractivity contribution in [2.45, 2.75) is 32.1 Å². The van der Waals surface area contributed by atoms with Crippen LogP contribution in [0.5, 0.6) is 0 Å². The zero-order chi connectivity index (χ0) is 42.5. The third kappa shape index (κ3) is 5.40. The second-order valence-corrected chi connectivity index (χ2v) is 18.0. The monoisotopic (exact) mass is 819 g/mol. The molecule has 0 unspecified atom stereocenters. The second kappa shape index (κ2) is 14.1. The van der Waals surface area contributed by atoms with Gasteiger partial charge in [-0.1, -0.05) is 153 Å². The standard InChI is InChI=1S/C61H45N3/c1-61(2)54-31-17-18-32-57(54)64-56-34-33-44(62(42-21-5-3-6-22-42)58-35-40-19-9-11-25-46(40)48-27-13-15-29-50(48)58)37-52(56)53-38-45(39-55(61)60(53)64)63(43-23-7-4-8-24-43)59-36-41-20-10-12-26-47(41)49-28-14-16-30-51(49)59/h3-8,10-18,20-39H,9,19H2,1-2H3. The highest BCUT2D eigenvalue weighted by Gasteiger charge is 2.36. The van der Waals surface area contributed by atoms with Crippen molar-refractivity contribution in [3.05, 3.63) is 229 Å². The Hall–Kier alpha value is -7.88. The van der Waals surface area contributed by atoms with Crippen molar-refractivity contribution in [2.75, 3.05) is 9.80 Å². The van der Waals surface area contributed by atoms with Crippen LogP contribution in [0.3, 0.4) is 0 Å². The molecular weight excluding hydrogens is 775 g/mol. The SMILES string of the molecule is CC1(C)c2ccccc2-n2c3ccc(N(c4ccccc4)c4cc5c(c6ccccc46)C=CCC5)cc3c3cc(N(c4ccccc4)c4cc5ccccc5c5ccccc45)cc1c32. The molecule has 2 heterocycles. The van der Waals surface area contributed by atoms with E-state index in [-0.39, 0.29) is 5.41 Å². The molecule has 1 aromatic heterocycles. The minimum atomic E-state index is -0.279. The first-order valence-corrected chi connectivity index (χ1v) is 22.6. The van der Waals surface area contributed by atoms with Gasteiger partial charge in [0, 0.05) is 49.7 Å². The van der Waals surface area contributed by atoms with Crippen LogP contribution in [0.15, 0.2) is 206 Å². The summed E-state index contributed by atoms with van der Waals surface area (Å²) in [5.41, 5.74) is 15.7. The molecule has 0 fully saturated rings. The van der Waals surface area contributed by atoms with Gasteiger partial charge in [-0.3, -0.25) is 0 Å². The Balaban J connectivity index is 1.13. The number of aromatic nitrogens is 1. The highest BCUT2D eigenvalue weighted by atomic mass is 15.2. The summed E-state index contributed by atoms with van der Waals surface area (Å²) in [5, 5.41) is 9.98. The van der Waals surface area contributed by atoms with Crippen LogP contribution in [0, 0.1) is 0 Å². The summed E-state index contributed by atoms with van der Waals surface area (Å²) in [4.78, 5) is 4.99. The van der Waals surface area contributed by atoms with E-state index in [4.69, 9.17) is 0 Å². The van der Waals surface area contributed by atoms with Gasteiger partial charge < -0.3 is 14.4 Å². The zero-order valence-corrected chi connectivity index (χ0v) is 36.0. The molecule has 0 N–H and O–H groups in total. The van der Waals surface area contributed by atoms with Gasteiger partial charge in [-0.25, -0.2) is 0 Å². The van der Waals surface area contributed by atoms with E-state index in [9.17, 15) is 0 Å². The number of fused-ring (bicyclic) bond motifs is 11. The molecule has 11 aromatic rings. The molecule has 3 nitrogen and oxygen atoms in total. The molecule has 0 bridgehead atoms. The lowest BCUT2D eigenvalue weighted by Gasteiger charge is -2.36. The molecule has 0 spiro atoms. The molecule has 64 heavy (non-hydrogen) atoms. The first-order valence-electron chi connectivity index (χ1n) is 22.6. The molecule has 0 saturated carbocycles. The van der Waals surface area contributed by atoms with E-state index in [1.165, 1.54) is 87.8 Å². The number of hydrogen-bond donors (Lipinski definition) is 0. The van der Waals surface area contributed by atoms with Crippen molar-refractivity contribution in [2.24, 2.45) is 0 Å². The molecule has 304 valence electrons. The van der Waals surface area contributed by atoms with Gasteiger partial charge in [0.1, 0.15) is 0 Å². The molecule has 2 aliphatic rings. The fraction of sp³-hybridized carbons (Fsp3) is 0.0820. The molecule has 13 rings (SSSR count). The first-order chi connectivity index (χ1) is 31.5. The van der Waals surface area contributed by atoms with Crippen LogP contribution in [0.2, 0.25) is 0 Å². The Morgan fingerprint density at radius 3 is 1.80 bits per heavy atom. The van der Waals surface area contributed by atoms with E-state index < -0.39 is 0 Å². The highest BCUT2D eigenvalue weighted by Crippen LogP contribution is 2.52. The second-order valence-electron chi connectivity index (χ2n) is 18.0. The lowest BCUT2D eigenvalue weighted by Crippen LogP contribution is -2.26. The number of para-hydroxylation sites is 3. The molecule has 1 aliphatic heterocycles. The fourth-order valence-electron chi connectivity index (χ4n) is 11.1. The Labute approximate surface area is 373 Å². The smallest absolute Gasteiger partial charge is 0.0583 e. The third-order valence-electron chi connectivity index (χ3n) is 14.1. The Kier molecular flexibility index (Phi) is 8.08. The molecule has 0 atom stereocenters. The van der Waals surface area contributed by atoms with Gasteiger partial charge in [0.25, 0.3) is 0 Å². The summed E-state index contributed by atoms with van der Waals surface area (Å²) < 4.78 is 2.54. The number of aryl methyl sites for hydroxylation is 1. The minimum Gasteiger partial charge on any atom is -0.310 e. The molecule has 3 heteroatoms. The fourth-order valence-corrected chi connectivity index (χ4v) is 11.1. The van der Waals surface area contributed by atoms with Crippen molar-refractivity contribution in [3.8, 4) is 5.69 Å². The predicted octanol–water partition coefficient (Wildman–Crippen LogP) is 16.8. The van der Waals surface area contributed by atoms with Crippen LogP contribution in [0.1, 0.15) is 42.5 Å². The molecule has 0 radical (unpaired) electrons. The number of allylic oxidation sites excluding steroid dienone is 1. The summed E-state index contributed by atoms with van der Waals surface area (Å²) >= 11 is 0. The van der Waals surface area contributed by atoms with Crippen LogP contribution in [0.25, 0.3) is 65.9 Å². The summed E-state index contributed by atoms with van der Waals surface area (Å²) in [5.74, 6) is 0. The van der Waals surface area contributed by atoms with Crippen LogP contribution in [-0.2, 0) is 11.8 Å². The number of benzene rings is 10. The van der Waals surface area contributed by atoms with Gasteiger partial charge >= 0.3 is 0 Å². The van der Waals surface area contributed by atoms with Crippen LogP contribution in [-0.4, -0.2) is 4.57 Å². The molecular formula is C61H45N3. The summed E-state index contributed by atoms with van der Waals surface area (Å²) in [6.45, 7) is 4.81. The molecule has 0 amide bonds. The van der Waals surface area contributed by atoms with Gasteiger partial charge in [0.15, 0.2) is 0 Å². The quantitative estimate of drug-likeness (QED) is 0.155. The average molecular weight is 820 g/mol. The van der Waals surface area contributed by atoms with Gasteiger partial charge in [0.2, 0.25) is 0 Å². The average Bonchev–Trinajstić information content (AvgIpc) is 3.68. The topological polar surface area (TPSA) is 11.4 Å². The normalized spacial score (nSPS) is 13.7. The van der Waals surface area contributed by atoms with Crippen LogP contribution in [0.4, 0.5) is 34.1 Å². The van der Waals surface area contributed by atoms with E-state index in [0.29, 0.717) is 0 Å². The van der Waals surface area contributed by atoms with E-state index in [1.807, 2.05) is 0 Å². The van der Waals surface area contributed by atoms with E-state index in [1.54, 1.807) is 0 Å². The molecule has 10 aromatic carbocycles. The van der Waals surface area contributed by atoms with E-state index in [0.717, 1.165) is 41.3 Å². The van der Waals surface area contributed by atoms with Crippen LogP contribution >= 0.6 is 0 Å². The largest absolute Gasteiger partial charge is 0.310 e. The zero-order valence-electron chi connectivity index (χ0n) is 36.0. The maximum Gasteiger partial charge on any atom is 0.0583 e. The van der Waals surface area contributed by atoms with E-state index in [2.05, 4.69) is 241 Å². The number of hydrogen-bond acceptors (Lipinski definition) is 2. The summed E-state index contributed by atoms with van der Waals surface area (Å²) in [6.07, 6.45) is 6.74. The number of rotatable bonds is 6. The van der Waals surface area contributed by atoms with Crippen molar-refractivity contribution >= 4 is 94.3 Å². The van der Waals surface area contributed by atoms with Crippen molar-refractivity contribution in [1.82, 2.24) is 4.57 Å². The number of nitrogens with zero attached hydrogens (tertiary/aromatic N) is 3. The Morgan fingerprint density at radius 2 is 1.03 bits per heavy atom. The maximum absolute atomic E-state index is 2.54. The number of anilines is 6. The van der Waals surface area contributed by atoms with Crippen molar-refractivity contribution in [1.29, 1.82) is 0 Å². The van der Waals surface area contributed by atoms with Gasteiger partial charge in [-0.05, 0) is 129 Å². The van der Waals surface area contributed by atoms with Gasteiger partial charge in [0.05, 0.1) is 28.1 Å². The minimum absolute atomic E-state index is 0.279. The lowest BCUT2D eigenvalue weighted by atomic mass is 9.74. The van der Waals surface area contributed by atoms with Crippen molar-refractivity contribution < 1.29 is 0 Å². The van der Waals surface area contributed by atoms with Gasteiger partial charge in [-0.15, -0.1) is 0 Å². The Morgan fingerprint density at radius 1 is 0.438 bits per heavy atom. The summed E-state index contributed by atoms with van der Waals surface area (Å²) in [7, 11) is 0. The first kappa shape index (κ1) is 36.7. The summed E-state index contributed by atoms with van der Waals surface area (Å²) in [6, 6.07) is 74.5.